The molecule has 0 saturated carbocycles. The van der Waals surface area contributed by atoms with Gasteiger partial charge in [-0.05, 0) is 18.1 Å². The van der Waals surface area contributed by atoms with Crippen LogP contribution in [0.5, 0.6) is 0 Å². The fourth-order valence-corrected chi connectivity index (χ4v) is 1.70. The summed E-state index contributed by atoms with van der Waals surface area (Å²) in [6.45, 7) is 4.09. The Bertz CT molecular complexity index is 503. The maximum absolute atomic E-state index is 10.9. The largest absolute Gasteiger partial charge is 0.298 e. The zero-order valence-corrected chi connectivity index (χ0v) is 8.90. The summed E-state index contributed by atoms with van der Waals surface area (Å²) >= 11 is 0. The summed E-state index contributed by atoms with van der Waals surface area (Å²) in [6.07, 6.45) is 0.884. The fraction of sp³-hybridized carbons (Fsp3) is 0.231. The number of nitrogens with zero attached hydrogens (tertiary/aromatic N) is 1. The van der Waals surface area contributed by atoms with Crippen molar-refractivity contribution < 1.29 is 4.79 Å². The van der Waals surface area contributed by atoms with Gasteiger partial charge < -0.3 is 0 Å². The van der Waals surface area contributed by atoms with Gasteiger partial charge in [0.2, 0.25) is 0 Å². The summed E-state index contributed by atoms with van der Waals surface area (Å²) in [4.78, 5) is 15.4. The van der Waals surface area contributed by atoms with Crippen LogP contribution in [0.25, 0.3) is 10.9 Å². The van der Waals surface area contributed by atoms with E-state index in [0.29, 0.717) is 5.56 Å². The second-order valence-electron chi connectivity index (χ2n) is 3.93. The van der Waals surface area contributed by atoms with Crippen molar-refractivity contribution in [3.63, 3.8) is 0 Å². The van der Waals surface area contributed by atoms with Gasteiger partial charge in [-0.2, -0.15) is 0 Å². The third-order valence-electron chi connectivity index (χ3n) is 2.46. The summed E-state index contributed by atoms with van der Waals surface area (Å²) in [5.74, 6) is 0.273. The highest BCUT2D eigenvalue weighted by Crippen LogP contribution is 2.21. The van der Waals surface area contributed by atoms with E-state index in [9.17, 15) is 4.79 Å². The lowest BCUT2D eigenvalue weighted by atomic mass is 10.0. The van der Waals surface area contributed by atoms with Crippen molar-refractivity contribution in [2.45, 2.75) is 19.8 Å². The van der Waals surface area contributed by atoms with Crippen molar-refractivity contribution in [2.75, 3.05) is 0 Å². The highest BCUT2D eigenvalue weighted by Gasteiger charge is 2.09. The molecule has 76 valence electrons. The molecule has 0 atom stereocenters. The second-order valence-corrected chi connectivity index (χ2v) is 3.93. The molecule has 0 N–H and O–H groups in total. The number of carbonyl (C=O) groups excluding carboxylic acids is 1. The number of pyridine rings is 1. The first kappa shape index (κ1) is 9.84. The number of aldehydes is 1. The lowest BCUT2D eigenvalue weighted by Gasteiger charge is -2.08. The summed E-state index contributed by atoms with van der Waals surface area (Å²) in [6, 6.07) is 9.76. The molecule has 0 fully saturated rings. The van der Waals surface area contributed by atoms with E-state index in [2.05, 4.69) is 4.98 Å². The van der Waals surface area contributed by atoms with Crippen LogP contribution in [0, 0.1) is 0 Å². The van der Waals surface area contributed by atoms with E-state index in [1.54, 1.807) is 0 Å². The molecule has 0 amide bonds. The lowest BCUT2D eigenvalue weighted by molar-refractivity contribution is 0.112. The second kappa shape index (κ2) is 3.81. The predicted molar refractivity (Wildman–Crippen MR) is 61.2 cm³/mol. The molecule has 15 heavy (non-hydrogen) atoms. The Balaban J connectivity index is 2.74. The number of aromatic nitrogens is 1. The Morgan fingerprint density at radius 2 is 2.00 bits per heavy atom. The van der Waals surface area contributed by atoms with Gasteiger partial charge in [0.15, 0.2) is 6.29 Å². The maximum Gasteiger partial charge on any atom is 0.151 e. The molecule has 2 rings (SSSR count). The van der Waals surface area contributed by atoms with Crippen molar-refractivity contribution in [1.29, 1.82) is 0 Å². The zero-order chi connectivity index (χ0) is 10.8. The van der Waals surface area contributed by atoms with Crippen molar-refractivity contribution in [3.05, 3.63) is 41.6 Å². The van der Waals surface area contributed by atoms with Crippen LogP contribution in [-0.4, -0.2) is 11.3 Å². The van der Waals surface area contributed by atoms with Gasteiger partial charge in [-0.25, -0.2) is 0 Å². The van der Waals surface area contributed by atoms with Crippen molar-refractivity contribution >= 4 is 17.2 Å². The minimum absolute atomic E-state index is 0.273. The van der Waals surface area contributed by atoms with Crippen LogP contribution in [0.4, 0.5) is 0 Å². The lowest BCUT2D eigenvalue weighted by Crippen LogP contribution is -1.99. The van der Waals surface area contributed by atoms with Crippen LogP contribution < -0.4 is 0 Å². The van der Waals surface area contributed by atoms with Gasteiger partial charge >= 0.3 is 0 Å². The molecular weight excluding hydrogens is 186 g/mol. The van der Waals surface area contributed by atoms with Crippen molar-refractivity contribution in [3.8, 4) is 0 Å². The molecule has 1 aromatic heterocycles. The van der Waals surface area contributed by atoms with Gasteiger partial charge in [0.05, 0.1) is 11.2 Å². The number of hydrogen-bond acceptors (Lipinski definition) is 2. The third-order valence-corrected chi connectivity index (χ3v) is 2.46. The molecule has 0 bridgehead atoms. The minimum Gasteiger partial charge on any atom is -0.298 e. The zero-order valence-electron chi connectivity index (χ0n) is 8.90. The van der Waals surface area contributed by atoms with E-state index in [1.807, 2.05) is 44.2 Å². The molecule has 2 nitrogen and oxygen atoms in total. The smallest absolute Gasteiger partial charge is 0.151 e. The Morgan fingerprint density at radius 1 is 1.27 bits per heavy atom. The number of carbonyl (C=O) groups is 1. The number of hydrogen-bond donors (Lipinski definition) is 0. The summed E-state index contributed by atoms with van der Waals surface area (Å²) < 4.78 is 0. The van der Waals surface area contributed by atoms with E-state index in [4.69, 9.17) is 0 Å². The highest BCUT2D eigenvalue weighted by molar-refractivity contribution is 5.87. The minimum atomic E-state index is 0.273. The van der Waals surface area contributed by atoms with Crippen LogP contribution in [0.1, 0.15) is 35.8 Å². The van der Waals surface area contributed by atoms with Crippen LogP contribution in [0.15, 0.2) is 30.3 Å². The molecule has 0 saturated heterocycles. The van der Waals surface area contributed by atoms with Crippen molar-refractivity contribution in [2.24, 2.45) is 0 Å². The average Bonchev–Trinajstić information content (AvgIpc) is 2.27. The summed E-state index contributed by atoms with van der Waals surface area (Å²) in [5, 5.41) is 1.02. The molecule has 2 aromatic rings. The van der Waals surface area contributed by atoms with Gasteiger partial charge in [-0.3, -0.25) is 9.78 Å². The van der Waals surface area contributed by atoms with E-state index < -0.39 is 0 Å². The molecule has 2 heteroatoms. The van der Waals surface area contributed by atoms with Gasteiger partial charge in [-0.15, -0.1) is 0 Å². The SMILES string of the molecule is CC(C)c1nc2ccccc2cc1C=O. The first-order chi connectivity index (χ1) is 7.22. The Hall–Kier alpha value is -1.70. The van der Waals surface area contributed by atoms with E-state index in [-0.39, 0.29) is 5.92 Å². The monoisotopic (exact) mass is 199 g/mol. The average molecular weight is 199 g/mol. The Morgan fingerprint density at radius 3 is 2.67 bits per heavy atom. The normalized spacial score (nSPS) is 10.9. The molecule has 0 aliphatic heterocycles. The molecule has 0 radical (unpaired) electrons. The molecule has 1 heterocycles. The van der Waals surface area contributed by atoms with Crippen LogP contribution >= 0.6 is 0 Å². The van der Waals surface area contributed by atoms with Crippen LogP contribution in [0.3, 0.4) is 0 Å². The fourth-order valence-electron chi connectivity index (χ4n) is 1.70. The highest BCUT2D eigenvalue weighted by atomic mass is 16.1. The molecule has 1 aromatic carbocycles. The maximum atomic E-state index is 10.9. The Kier molecular flexibility index (Phi) is 2.50. The molecule has 0 aliphatic carbocycles. The summed E-state index contributed by atoms with van der Waals surface area (Å²) in [7, 11) is 0. The van der Waals surface area contributed by atoms with Gasteiger partial charge in [-0.1, -0.05) is 32.0 Å². The van der Waals surface area contributed by atoms with Crippen molar-refractivity contribution in [1.82, 2.24) is 4.98 Å². The quantitative estimate of drug-likeness (QED) is 0.695. The number of fused-ring (bicyclic) bond motifs is 1. The summed E-state index contributed by atoms with van der Waals surface area (Å²) in [5.41, 5.74) is 2.53. The van der Waals surface area contributed by atoms with E-state index in [0.717, 1.165) is 22.9 Å². The van der Waals surface area contributed by atoms with Gasteiger partial charge in [0.25, 0.3) is 0 Å². The molecule has 0 unspecified atom stereocenters. The third kappa shape index (κ3) is 1.75. The van der Waals surface area contributed by atoms with E-state index in [1.165, 1.54) is 0 Å². The van der Waals surface area contributed by atoms with Crippen LogP contribution in [-0.2, 0) is 0 Å². The topological polar surface area (TPSA) is 30.0 Å². The molecular formula is C13H13NO. The first-order valence-corrected chi connectivity index (χ1v) is 5.07. The predicted octanol–water partition coefficient (Wildman–Crippen LogP) is 3.17. The van der Waals surface area contributed by atoms with Gasteiger partial charge in [0, 0.05) is 10.9 Å². The number of rotatable bonds is 2. The Labute approximate surface area is 89.0 Å². The number of benzene rings is 1. The van der Waals surface area contributed by atoms with Crippen LogP contribution in [0.2, 0.25) is 0 Å². The molecule has 0 spiro atoms. The molecule has 0 aliphatic rings. The first-order valence-electron chi connectivity index (χ1n) is 5.07. The van der Waals surface area contributed by atoms with E-state index >= 15 is 0 Å². The van der Waals surface area contributed by atoms with Gasteiger partial charge in [0.1, 0.15) is 0 Å². The number of para-hydroxylation sites is 1. The standard InChI is InChI=1S/C13H13NO/c1-9(2)13-11(8-15)7-10-5-3-4-6-12(10)14-13/h3-9H,1-2H3.